The number of aromatic nitrogens is 4. The second kappa shape index (κ2) is 8.16. The van der Waals surface area contributed by atoms with Crippen molar-refractivity contribution >= 4 is 17.5 Å². The predicted octanol–water partition coefficient (Wildman–Crippen LogP) is 2.70. The molecule has 1 N–H and O–H groups in total. The number of Topliss-reactive ketones (excluding diaryl/α,β-unsaturated/α-hetero) is 1. The first-order chi connectivity index (χ1) is 12.1. The minimum Gasteiger partial charge on any atom is -0.383 e. The normalized spacial score (nSPS) is 17.3. The Bertz CT molecular complexity index is 734. The fourth-order valence-electron chi connectivity index (χ4n) is 3.08. The van der Waals surface area contributed by atoms with E-state index in [1.807, 2.05) is 19.9 Å². The number of nitrogens with one attached hydrogen (secondary N) is 1. The molecule has 2 aromatic heterocycles. The summed E-state index contributed by atoms with van der Waals surface area (Å²) in [5, 5.41) is 7.70. The molecule has 2 aromatic rings. The molecule has 0 amide bonds. The van der Waals surface area contributed by atoms with E-state index in [9.17, 15) is 4.79 Å². The molecule has 25 heavy (non-hydrogen) atoms. The predicted molar refractivity (Wildman–Crippen MR) is 95.1 cm³/mol. The molecule has 3 heterocycles. The van der Waals surface area contributed by atoms with Crippen LogP contribution in [0.3, 0.4) is 0 Å². The van der Waals surface area contributed by atoms with Crippen molar-refractivity contribution < 1.29 is 14.3 Å². The first-order valence-corrected chi connectivity index (χ1v) is 9.44. The quantitative estimate of drug-likeness (QED) is 0.573. The molecule has 1 aliphatic rings. The fraction of sp³-hybridized carbons (Fsp3) is 0.588. The van der Waals surface area contributed by atoms with Crippen LogP contribution in [0.2, 0.25) is 0 Å². The Hall–Kier alpha value is -1.64. The van der Waals surface area contributed by atoms with Gasteiger partial charge in [-0.05, 0) is 32.8 Å². The van der Waals surface area contributed by atoms with E-state index in [-0.39, 0.29) is 11.9 Å². The molecule has 0 aromatic carbocycles. The summed E-state index contributed by atoms with van der Waals surface area (Å²) in [4.78, 5) is 17.0. The molecule has 0 spiro atoms. The summed E-state index contributed by atoms with van der Waals surface area (Å²) in [7, 11) is 1.68. The van der Waals surface area contributed by atoms with Crippen LogP contribution < -0.4 is 0 Å². The first kappa shape index (κ1) is 18.2. The molecule has 1 fully saturated rings. The van der Waals surface area contributed by atoms with Gasteiger partial charge in [0.1, 0.15) is 6.10 Å². The SMILES string of the molecule is COCCn1c(C)cc(C(=O)CSc2n[nH]c([C@H]3CCCO3)n2)c1C. The van der Waals surface area contributed by atoms with Crippen molar-refractivity contribution in [2.24, 2.45) is 0 Å². The minimum atomic E-state index is 0.0114. The number of hydrogen-bond acceptors (Lipinski definition) is 6. The van der Waals surface area contributed by atoms with Crippen LogP contribution in [0.25, 0.3) is 0 Å². The number of hydrogen-bond donors (Lipinski definition) is 1. The van der Waals surface area contributed by atoms with Gasteiger partial charge in [-0.1, -0.05) is 11.8 Å². The smallest absolute Gasteiger partial charge is 0.208 e. The van der Waals surface area contributed by atoms with Crippen molar-refractivity contribution in [3.63, 3.8) is 0 Å². The number of H-pyrrole nitrogens is 1. The van der Waals surface area contributed by atoms with Gasteiger partial charge in [0.2, 0.25) is 5.16 Å². The minimum absolute atomic E-state index is 0.0114. The van der Waals surface area contributed by atoms with E-state index < -0.39 is 0 Å². The zero-order valence-corrected chi connectivity index (χ0v) is 15.7. The lowest BCUT2D eigenvalue weighted by molar-refractivity contribution is 0.102. The highest BCUT2D eigenvalue weighted by atomic mass is 32.2. The lowest BCUT2D eigenvalue weighted by Crippen LogP contribution is -2.09. The number of nitrogens with zero attached hydrogens (tertiary/aromatic N) is 3. The molecule has 1 aliphatic heterocycles. The lowest BCUT2D eigenvalue weighted by atomic mass is 10.2. The number of ketones is 1. The van der Waals surface area contributed by atoms with Gasteiger partial charge >= 0.3 is 0 Å². The van der Waals surface area contributed by atoms with E-state index in [0.29, 0.717) is 17.5 Å². The van der Waals surface area contributed by atoms with E-state index in [1.165, 1.54) is 11.8 Å². The number of carbonyl (C=O) groups is 1. The first-order valence-electron chi connectivity index (χ1n) is 8.45. The van der Waals surface area contributed by atoms with Gasteiger partial charge in [0, 0.05) is 37.2 Å². The Labute approximate surface area is 151 Å². The van der Waals surface area contributed by atoms with Crippen LogP contribution in [0.4, 0.5) is 0 Å². The Morgan fingerprint density at radius 3 is 3.08 bits per heavy atom. The summed E-state index contributed by atoms with van der Waals surface area (Å²) in [6.45, 7) is 6.13. The molecule has 0 unspecified atom stereocenters. The molecule has 0 bridgehead atoms. The number of ether oxygens (including phenoxy) is 2. The van der Waals surface area contributed by atoms with Crippen LogP contribution in [-0.2, 0) is 16.0 Å². The standard InChI is InChI=1S/C17H24N4O3S/c1-11-9-13(12(2)21(11)6-8-23-3)14(22)10-25-17-18-16(19-20-17)15-5-4-7-24-15/h9,15H,4-8,10H2,1-3H3,(H,18,19,20)/t15-/m1/s1. The zero-order chi connectivity index (χ0) is 17.8. The third-order valence-corrected chi connectivity index (χ3v) is 5.29. The van der Waals surface area contributed by atoms with Gasteiger partial charge in [-0.2, -0.15) is 0 Å². The van der Waals surface area contributed by atoms with Crippen LogP contribution in [0.1, 0.15) is 46.5 Å². The number of thioether (sulfide) groups is 1. The maximum absolute atomic E-state index is 12.6. The van der Waals surface area contributed by atoms with Crippen molar-refractivity contribution in [1.29, 1.82) is 0 Å². The van der Waals surface area contributed by atoms with Crippen molar-refractivity contribution in [3.8, 4) is 0 Å². The Morgan fingerprint density at radius 1 is 1.52 bits per heavy atom. The Kier molecular flexibility index (Phi) is 5.93. The van der Waals surface area contributed by atoms with E-state index >= 15 is 0 Å². The lowest BCUT2D eigenvalue weighted by Gasteiger charge is -2.08. The highest BCUT2D eigenvalue weighted by molar-refractivity contribution is 7.99. The molecule has 0 aliphatic carbocycles. The molecule has 1 atom stereocenters. The molecule has 136 valence electrons. The van der Waals surface area contributed by atoms with Crippen LogP contribution in [0, 0.1) is 13.8 Å². The van der Waals surface area contributed by atoms with Gasteiger partial charge in [-0.3, -0.25) is 9.89 Å². The van der Waals surface area contributed by atoms with Crippen LogP contribution in [0.15, 0.2) is 11.2 Å². The number of methoxy groups -OCH3 is 1. The van der Waals surface area contributed by atoms with Crippen LogP contribution in [0.5, 0.6) is 0 Å². The summed E-state index contributed by atoms with van der Waals surface area (Å²) in [5.74, 6) is 1.16. The van der Waals surface area contributed by atoms with Crippen molar-refractivity contribution in [1.82, 2.24) is 19.7 Å². The van der Waals surface area contributed by atoms with Crippen LogP contribution >= 0.6 is 11.8 Å². The molecule has 3 rings (SSSR count). The van der Waals surface area contributed by atoms with E-state index in [2.05, 4.69) is 19.7 Å². The van der Waals surface area contributed by atoms with E-state index in [0.717, 1.165) is 48.8 Å². The monoisotopic (exact) mass is 364 g/mol. The van der Waals surface area contributed by atoms with E-state index in [1.54, 1.807) is 7.11 Å². The van der Waals surface area contributed by atoms with Gasteiger partial charge in [0.05, 0.1) is 12.4 Å². The molecular formula is C17H24N4O3S. The topological polar surface area (TPSA) is 82.0 Å². The van der Waals surface area contributed by atoms with Crippen LogP contribution in [-0.4, -0.2) is 51.6 Å². The number of aryl methyl sites for hydroxylation is 1. The van der Waals surface area contributed by atoms with Gasteiger partial charge in [-0.15, -0.1) is 5.10 Å². The van der Waals surface area contributed by atoms with Gasteiger partial charge < -0.3 is 14.0 Å². The summed E-state index contributed by atoms with van der Waals surface area (Å²) in [6, 6.07) is 1.95. The summed E-state index contributed by atoms with van der Waals surface area (Å²) < 4.78 is 12.8. The highest BCUT2D eigenvalue weighted by Gasteiger charge is 2.22. The molecular weight excluding hydrogens is 340 g/mol. The summed E-state index contributed by atoms with van der Waals surface area (Å²) in [6.07, 6.45) is 2.02. The third-order valence-electron chi connectivity index (χ3n) is 4.44. The average Bonchev–Trinajstić information content (AvgIpc) is 3.32. The van der Waals surface area contributed by atoms with E-state index in [4.69, 9.17) is 9.47 Å². The number of aromatic amines is 1. The number of carbonyl (C=O) groups excluding carboxylic acids is 1. The van der Waals surface area contributed by atoms with Crippen molar-refractivity contribution in [2.45, 2.75) is 44.5 Å². The third kappa shape index (κ3) is 4.13. The van der Waals surface area contributed by atoms with Crippen molar-refractivity contribution in [3.05, 3.63) is 28.8 Å². The largest absolute Gasteiger partial charge is 0.383 e. The van der Waals surface area contributed by atoms with Crippen molar-refractivity contribution in [2.75, 3.05) is 26.1 Å². The second-order valence-electron chi connectivity index (χ2n) is 6.15. The fourth-order valence-corrected chi connectivity index (χ4v) is 3.77. The maximum Gasteiger partial charge on any atom is 0.208 e. The summed E-state index contributed by atoms with van der Waals surface area (Å²) in [5.41, 5.74) is 2.81. The maximum atomic E-state index is 12.6. The average molecular weight is 364 g/mol. The molecule has 0 saturated carbocycles. The number of rotatable bonds is 8. The molecule has 0 radical (unpaired) electrons. The highest BCUT2D eigenvalue weighted by Crippen LogP contribution is 2.27. The second-order valence-corrected chi connectivity index (χ2v) is 7.09. The van der Waals surface area contributed by atoms with Gasteiger partial charge in [0.15, 0.2) is 11.6 Å². The Morgan fingerprint density at radius 2 is 2.36 bits per heavy atom. The summed E-state index contributed by atoms with van der Waals surface area (Å²) >= 11 is 1.35. The molecule has 8 heteroatoms. The zero-order valence-electron chi connectivity index (χ0n) is 14.9. The molecule has 7 nitrogen and oxygen atoms in total. The Balaban J connectivity index is 1.61. The molecule has 1 saturated heterocycles. The van der Waals surface area contributed by atoms with Gasteiger partial charge in [0.25, 0.3) is 0 Å². The van der Waals surface area contributed by atoms with Gasteiger partial charge in [-0.25, -0.2) is 4.98 Å².